The van der Waals surface area contributed by atoms with Crippen LogP contribution in [0.2, 0.25) is 0 Å². The van der Waals surface area contributed by atoms with Crippen molar-refractivity contribution < 1.29 is 4.79 Å². The zero-order valence-electron chi connectivity index (χ0n) is 6.54. The highest BCUT2D eigenvalue weighted by atomic mass is 79.9. The normalized spacial score (nSPS) is 15.2. The minimum absolute atomic E-state index is 0.0602. The van der Waals surface area contributed by atoms with Crippen molar-refractivity contribution in [1.82, 2.24) is 9.88 Å². The van der Waals surface area contributed by atoms with Crippen LogP contribution in [0, 0.1) is 0 Å². The van der Waals surface area contributed by atoms with Gasteiger partial charge < -0.3 is 4.90 Å². The van der Waals surface area contributed by atoms with Crippen molar-refractivity contribution >= 4 is 21.8 Å². The Balaban J connectivity index is 2.54. The summed E-state index contributed by atoms with van der Waals surface area (Å²) in [5.74, 6) is 0.0602. The molecule has 1 amide bonds. The number of pyridine rings is 1. The van der Waals surface area contributed by atoms with Crippen molar-refractivity contribution in [2.24, 2.45) is 0 Å². The molecule has 1 aliphatic heterocycles. The fraction of sp³-hybridized carbons (Fsp3) is 0.250. The van der Waals surface area contributed by atoms with Crippen molar-refractivity contribution in [2.75, 3.05) is 7.05 Å². The molecule has 0 spiro atoms. The minimum Gasteiger partial charge on any atom is -0.337 e. The second-order valence-electron chi connectivity index (χ2n) is 2.83. The number of halogens is 1. The second kappa shape index (κ2) is 2.55. The molecule has 0 bridgehead atoms. The summed E-state index contributed by atoms with van der Waals surface area (Å²) in [4.78, 5) is 17.1. The first kappa shape index (κ1) is 7.73. The third kappa shape index (κ3) is 1.03. The molecule has 4 heteroatoms. The highest BCUT2D eigenvalue weighted by molar-refractivity contribution is 9.10. The van der Waals surface area contributed by atoms with E-state index in [1.165, 1.54) is 0 Å². The molecule has 2 rings (SSSR count). The molecule has 0 saturated carbocycles. The number of aromatic nitrogens is 1. The van der Waals surface area contributed by atoms with Crippen LogP contribution >= 0.6 is 15.9 Å². The number of carbonyl (C=O) groups excluding carboxylic acids is 1. The first-order chi connectivity index (χ1) is 5.68. The van der Waals surface area contributed by atoms with Crippen molar-refractivity contribution in [3.05, 3.63) is 28.0 Å². The van der Waals surface area contributed by atoms with Gasteiger partial charge in [-0.1, -0.05) is 0 Å². The average Bonchev–Trinajstić information content (AvgIpc) is 2.28. The predicted molar refractivity (Wildman–Crippen MR) is 47.7 cm³/mol. The van der Waals surface area contributed by atoms with Crippen LogP contribution < -0.4 is 0 Å². The minimum atomic E-state index is 0.0602. The van der Waals surface area contributed by atoms with Crippen molar-refractivity contribution in [1.29, 1.82) is 0 Å². The Morgan fingerprint density at radius 2 is 2.42 bits per heavy atom. The van der Waals surface area contributed by atoms with E-state index in [9.17, 15) is 4.79 Å². The van der Waals surface area contributed by atoms with Gasteiger partial charge in [0.1, 0.15) is 4.60 Å². The Labute approximate surface area is 78.5 Å². The smallest absolute Gasteiger partial charge is 0.255 e. The molecule has 0 fully saturated rings. The Bertz CT molecular complexity index is 351. The molecule has 12 heavy (non-hydrogen) atoms. The molecule has 0 unspecified atom stereocenters. The third-order valence-electron chi connectivity index (χ3n) is 1.94. The van der Waals surface area contributed by atoms with Crippen LogP contribution in [0.5, 0.6) is 0 Å². The van der Waals surface area contributed by atoms with Crippen LogP contribution in [-0.4, -0.2) is 22.8 Å². The molecule has 0 aromatic carbocycles. The molecular formula is C8H7BrN2O. The summed E-state index contributed by atoms with van der Waals surface area (Å²) in [6.07, 6.45) is 1.62. The molecule has 0 N–H and O–H groups in total. The SMILES string of the molecule is CN1Cc2cc(Br)ncc2C1=O. The Hall–Kier alpha value is -0.900. The average molecular weight is 227 g/mol. The summed E-state index contributed by atoms with van der Waals surface area (Å²) in [6.45, 7) is 0.690. The van der Waals surface area contributed by atoms with Crippen molar-refractivity contribution in [2.45, 2.75) is 6.54 Å². The molecular weight excluding hydrogens is 220 g/mol. The highest BCUT2D eigenvalue weighted by Gasteiger charge is 2.24. The molecule has 2 heterocycles. The van der Waals surface area contributed by atoms with Gasteiger partial charge in [0.25, 0.3) is 5.91 Å². The maximum Gasteiger partial charge on any atom is 0.255 e. The van der Waals surface area contributed by atoms with E-state index in [1.54, 1.807) is 18.1 Å². The van der Waals surface area contributed by atoms with Gasteiger partial charge in [-0.3, -0.25) is 4.79 Å². The van der Waals surface area contributed by atoms with E-state index in [-0.39, 0.29) is 5.91 Å². The maximum atomic E-state index is 11.4. The lowest BCUT2D eigenvalue weighted by molar-refractivity contribution is 0.0816. The number of rotatable bonds is 0. The van der Waals surface area contributed by atoms with Gasteiger partial charge >= 0.3 is 0 Å². The van der Waals surface area contributed by atoms with Crippen LogP contribution in [0.25, 0.3) is 0 Å². The molecule has 0 atom stereocenters. The fourth-order valence-electron chi connectivity index (χ4n) is 1.32. The first-order valence-electron chi connectivity index (χ1n) is 3.58. The second-order valence-corrected chi connectivity index (χ2v) is 3.64. The van der Waals surface area contributed by atoms with E-state index in [0.717, 1.165) is 15.7 Å². The Morgan fingerprint density at radius 3 is 3.17 bits per heavy atom. The van der Waals surface area contributed by atoms with Crippen LogP contribution in [0.4, 0.5) is 0 Å². The summed E-state index contributed by atoms with van der Waals surface area (Å²) >= 11 is 3.26. The van der Waals surface area contributed by atoms with E-state index in [1.807, 2.05) is 6.07 Å². The van der Waals surface area contributed by atoms with E-state index >= 15 is 0 Å². The molecule has 1 aliphatic rings. The number of amides is 1. The third-order valence-corrected chi connectivity index (χ3v) is 2.37. The van der Waals surface area contributed by atoms with Crippen LogP contribution in [0.15, 0.2) is 16.9 Å². The van der Waals surface area contributed by atoms with Gasteiger partial charge in [-0.2, -0.15) is 0 Å². The van der Waals surface area contributed by atoms with Crippen LogP contribution in [0.3, 0.4) is 0 Å². The summed E-state index contributed by atoms with van der Waals surface area (Å²) in [7, 11) is 1.79. The largest absolute Gasteiger partial charge is 0.337 e. The number of hydrogen-bond donors (Lipinski definition) is 0. The Kier molecular flexibility index (Phi) is 1.65. The predicted octanol–water partition coefficient (Wildman–Crippen LogP) is 1.43. The molecule has 0 saturated heterocycles. The zero-order chi connectivity index (χ0) is 8.72. The summed E-state index contributed by atoms with van der Waals surface area (Å²) in [5.41, 5.74) is 1.77. The van der Waals surface area contributed by atoms with Gasteiger partial charge in [0.15, 0.2) is 0 Å². The molecule has 1 aromatic rings. The standard InChI is InChI=1S/C8H7BrN2O/c1-11-4-5-2-7(9)10-3-6(5)8(11)12/h2-3H,4H2,1H3. The number of hydrogen-bond acceptors (Lipinski definition) is 2. The van der Waals surface area contributed by atoms with E-state index < -0.39 is 0 Å². The fourth-order valence-corrected chi connectivity index (χ4v) is 1.70. The number of carbonyl (C=O) groups is 1. The Morgan fingerprint density at radius 1 is 1.67 bits per heavy atom. The van der Waals surface area contributed by atoms with Crippen LogP contribution in [-0.2, 0) is 6.54 Å². The van der Waals surface area contributed by atoms with Gasteiger partial charge in [-0.05, 0) is 27.6 Å². The summed E-state index contributed by atoms with van der Waals surface area (Å²) < 4.78 is 0.782. The van der Waals surface area contributed by atoms with E-state index in [2.05, 4.69) is 20.9 Å². The van der Waals surface area contributed by atoms with E-state index in [4.69, 9.17) is 0 Å². The van der Waals surface area contributed by atoms with Gasteiger partial charge in [0.05, 0.1) is 5.56 Å². The first-order valence-corrected chi connectivity index (χ1v) is 4.37. The maximum absolute atomic E-state index is 11.4. The molecule has 3 nitrogen and oxygen atoms in total. The highest BCUT2D eigenvalue weighted by Crippen LogP contribution is 2.22. The molecule has 1 aromatic heterocycles. The lowest BCUT2D eigenvalue weighted by Gasteiger charge is -2.04. The monoisotopic (exact) mass is 226 g/mol. The quantitative estimate of drug-likeness (QED) is 0.628. The molecule has 0 aliphatic carbocycles. The lowest BCUT2D eigenvalue weighted by atomic mass is 10.2. The molecule has 62 valence electrons. The van der Waals surface area contributed by atoms with E-state index in [0.29, 0.717) is 6.54 Å². The number of fused-ring (bicyclic) bond motifs is 1. The van der Waals surface area contributed by atoms with Gasteiger partial charge in [0.2, 0.25) is 0 Å². The summed E-state index contributed by atoms with van der Waals surface area (Å²) in [6, 6.07) is 1.89. The van der Waals surface area contributed by atoms with Crippen molar-refractivity contribution in [3.63, 3.8) is 0 Å². The zero-order valence-corrected chi connectivity index (χ0v) is 8.13. The van der Waals surface area contributed by atoms with Crippen molar-refractivity contribution in [3.8, 4) is 0 Å². The van der Waals surface area contributed by atoms with Crippen LogP contribution in [0.1, 0.15) is 15.9 Å². The molecule has 0 radical (unpaired) electrons. The van der Waals surface area contributed by atoms with Gasteiger partial charge in [-0.25, -0.2) is 4.98 Å². The van der Waals surface area contributed by atoms with Gasteiger partial charge in [0, 0.05) is 19.8 Å². The lowest BCUT2D eigenvalue weighted by Crippen LogP contribution is -2.17. The summed E-state index contributed by atoms with van der Waals surface area (Å²) in [5, 5.41) is 0. The number of nitrogens with zero attached hydrogens (tertiary/aromatic N) is 2. The van der Waals surface area contributed by atoms with Gasteiger partial charge in [-0.15, -0.1) is 0 Å². The topological polar surface area (TPSA) is 33.2 Å².